The maximum Gasteiger partial charge on any atom is 0.433 e. The predicted molar refractivity (Wildman–Crippen MR) is 112 cm³/mol. The van der Waals surface area contributed by atoms with Crippen molar-refractivity contribution in [2.24, 2.45) is 0 Å². The zero-order chi connectivity index (χ0) is 23.6. The molecule has 4 rings (SSSR count). The van der Waals surface area contributed by atoms with Gasteiger partial charge in [-0.1, -0.05) is 18.2 Å². The lowest BCUT2D eigenvalue weighted by atomic mass is 10.00. The van der Waals surface area contributed by atoms with Crippen molar-refractivity contribution in [3.05, 3.63) is 71.8 Å². The van der Waals surface area contributed by atoms with Crippen LogP contribution < -0.4 is 5.32 Å². The van der Waals surface area contributed by atoms with Crippen molar-refractivity contribution < 1.29 is 26.7 Å². The van der Waals surface area contributed by atoms with Gasteiger partial charge in [-0.2, -0.15) is 13.2 Å². The first-order chi connectivity index (χ1) is 15.6. The zero-order valence-electron chi connectivity index (χ0n) is 17.4. The second-order valence-corrected chi connectivity index (χ2v) is 7.99. The second kappa shape index (κ2) is 9.01. The van der Waals surface area contributed by atoms with Crippen molar-refractivity contribution in [1.29, 1.82) is 0 Å². The number of nitrogens with one attached hydrogen (secondary N) is 1. The second-order valence-electron chi connectivity index (χ2n) is 7.99. The molecule has 174 valence electrons. The number of pyridine rings is 2. The van der Waals surface area contributed by atoms with E-state index in [1.165, 1.54) is 6.07 Å². The SMILES string of the molecule is O=C(NCC(c1ccc(C(F)(F)F)nc1)N1CCC(F)(F)CC1)c1cccc2cnccc12. The molecule has 1 aromatic carbocycles. The van der Waals surface area contributed by atoms with E-state index in [1.807, 2.05) is 6.07 Å². The highest BCUT2D eigenvalue weighted by Crippen LogP contribution is 2.33. The molecule has 1 atom stereocenters. The summed E-state index contributed by atoms with van der Waals surface area (Å²) in [5.74, 6) is -3.15. The smallest absolute Gasteiger partial charge is 0.350 e. The lowest BCUT2D eigenvalue weighted by Crippen LogP contribution is -2.45. The van der Waals surface area contributed by atoms with Gasteiger partial charge in [0.25, 0.3) is 11.8 Å². The molecule has 5 nitrogen and oxygen atoms in total. The Morgan fingerprint density at radius 3 is 2.52 bits per heavy atom. The first-order valence-corrected chi connectivity index (χ1v) is 10.4. The van der Waals surface area contributed by atoms with Crippen molar-refractivity contribution in [3.63, 3.8) is 0 Å². The van der Waals surface area contributed by atoms with E-state index in [0.29, 0.717) is 16.5 Å². The Morgan fingerprint density at radius 1 is 1.09 bits per heavy atom. The molecule has 1 aliphatic rings. The summed E-state index contributed by atoms with van der Waals surface area (Å²) in [6.07, 6.45) is -1.00. The summed E-state index contributed by atoms with van der Waals surface area (Å²) < 4.78 is 66.1. The van der Waals surface area contributed by atoms with E-state index in [4.69, 9.17) is 0 Å². The molecule has 0 radical (unpaired) electrons. The van der Waals surface area contributed by atoms with E-state index in [9.17, 15) is 26.7 Å². The maximum absolute atomic E-state index is 13.7. The van der Waals surface area contributed by atoms with Gasteiger partial charge in [0.2, 0.25) is 0 Å². The van der Waals surface area contributed by atoms with Gasteiger partial charge in [0.1, 0.15) is 5.69 Å². The molecule has 1 unspecified atom stereocenters. The quantitative estimate of drug-likeness (QED) is 0.549. The van der Waals surface area contributed by atoms with E-state index in [2.05, 4.69) is 15.3 Å². The van der Waals surface area contributed by atoms with Crippen molar-refractivity contribution >= 4 is 16.7 Å². The van der Waals surface area contributed by atoms with Gasteiger partial charge in [0, 0.05) is 62.0 Å². The molecule has 1 amide bonds. The van der Waals surface area contributed by atoms with E-state index in [1.54, 1.807) is 35.5 Å². The summed E-state index contributed by atoms with van der Waals surface area (Å²) in [6, 6.07) is 8.47. The van der Waals surface area contributed by atoms with Crippen LogP contribution in [-0.2, 0) is 6.18 Å². The Labute approximate surface area is 186 Å². The van der Waals surface area contributed by atoms with Crippen LogP contribution in [0.2, 0.25) is 0 Å². The van der Waals surface area contributed by atoms with Gasteiger partial charge in [0.15, 0.2) is 0 Å². The van der Waals surface area contributed by atoms with E-state index >= 15 is 0 Å². The number of aromatic nitrogens is 2. The molecule has 0 bridgehead atoms. The number of amides is 1. The molecule has 2 aromatic heterocycles. The van der Waals surface area contributed by atoms with Crippen LogP contribution in [-0.4, -0.2) is 46.3 Å². The topological polar surface area (TPSA) is 58.1 Å². The third-order valence-corrected chi connectivity index (χ3v) is 5.81. The van der Waals surface area contributed by atoms with Gasteiger partial charge in [-0.25, -0.2) is 8.78 Å². The van der Waals surface area contributed by atoms with Crippen LogP contribution in [0.5, 0.6) is 0 Å². The van der Waals surface area contributed by atoms with Crippen LogP contribution >= 0.6 is 0 Å². The summed E-state index contributed by atoms with van der Waals surface area (Å²) in [5, 5.41) is 4.30. The number of hydrogen-bond acceptors (Lipinski definition) is 4. The number of benzene rings is 1. The van der Waals surface area contributed by atoms with Crippen LogP contribution in [0.25, 0.3) is 10.8 Å². The number of fused-ring (bicyclic) bond motifs is 1. The van der Waals surface area contributed by atoms with E-state index < -0.39 is 23.8 Å². The summed E-state index contributed by atoms with van der Waals surface area (Å²) in [6.45, 7) is 0.127. The minimum Gasteiger partial charge on any atom is -0.350 e. The van der Waals surface area contributed by atoms with Crippen LogP contribution in [0.15, 0.2) is 55.0 Å². The van der Waals surface area contributed by atoms with E-state index in [0.717, 1.165) is 17.6 Å². The number of carbonyl (C=O) groups excluding carboxylic acids is 1. The molecule has 3 heterocycles. The highest BCUT2D eigenvalue weighted by atomic mass is 19.4. The number of halogens is 5. The molecule has 1 saturated heterocycles. The van der Waals surface area contributed by atoms with Crippen LogP contribution in [0.3, 0.4) is 0 Å². The molecule has 1 fully saturated rings. The van der Waals surface area contributed by atoms with Gasteiger partial charge in [-0.05, 0) is 29.1 Å². The number of nitrogens with zero attached hydrogens (tertiary/aromatic N) is 3. The van der Waals surface area contributed by atoms with Crippen molar-refractivity contribution in [2.45, 2.75) is 31.0 Å². The number of rotatable bonds is 5. The standard InChI is InChI=1S/C23H21F5N4O/c24-22(25)7-10-32(11-8-22)19(16-4-5-20(30-13-16)23(26,27)28)14-31-21(33)18-3-1-2-15-12-29-9-6-17(15)18/h1-6,9,12-13,19H,7-8,10-11,14H2,(H,31,33). The first kappa shape index (κ1) is 23.0. The van der Waals surface area contributed by atoms with Gasteiger partial charge in [-0.15, -0.1) is 0 Å². The Hall–Kier alpha value is -3.14. The number of alkyl halides is 5. The predicted octanol–water partition coefficient (Wildman–Crippen LogP) is 4.85. The van der Waals surface area contributed by atoms with Crippen molar-refractivity contribution in [1.82, 2.24) is 20.2 Å². The Morgan fingerprint density at radius 2 is 1.85 bits per heavy atom. The Balaban J connectivity index is 1.56. The van der Waals surface area contributed by atoms with Gasteiger partial charge in [0.05, 0.1) is 6.04 Å². The average Bonchev–Trinajstić information content (AvgIpc) is 2.79. The zero-order valence-corrected chi connectivity index (χ0v) is 17.4. The minimum absolute atomic E-state index is 0.0267. The number of hydrogen-bond donors (Lipinski definition) is 1. The summed E-state index contributed by atoms with van der Waals surface area (Å²) >= 11 is 0. The summed E-state index contributed by atoms with van der Waals surface area (Å²) in [7, 11) is 0. The fourth-order valence-electron chi connectivity index (χ4n) is 4.00. The molecular weight excluding hydrogens is 443 g/mol. The van der Waals surface area contributed by atoms with E-state index in [-0.39, 0.29) is 38.4 Å². The third kappa shape index (κ3) is 5.27. The summed E-state index contributed by atoms with van der Waals surface area (Å²) in [5.41, 5.74) is -0.205. The molecule has 1 aliphatic heterocycles. The normalized spacial score (nSPS) is 17.6. The van der Waals surface area contributed by atoms with Crippen LogP contribution in [0.1, 0.15) is 40.5 Å². The molecule has 33 heavy (non-hydrogen) atoms. The maximum atomic E-state index is 13.7. The average molecular weight is 464 g/mol. The number of carbonyl (C=O) groups is 1. The first-order valence-electron chi connectivity index (χ1n) is 10.4. The largest absolute Gasteiger partial charge is 0.433 e. The van der Waals surface area contributed by atoms with Crippen LogP contribution in [0.4, 0.5) is 22.0 Å². The molecule has 0 saturated carbocycles. The molecular formula is C23H21F5N4O. The highest BCUT2D eigenvalue weighted by molar-refractivity contribution is 6.06. The van der Waals surface area contributed by atoms with Crippen molar-refractivity contribution in [3.8, 4) is 0 Å². The Kier molecular flexibility index (Phi) is 6.29. The monoisotopic (exact) mass is 464 g/mol. The molecule has 1 N–H and O–H groups in total. The number of likely N-dealkylation sites (tertiary alicyclic amines) is 1. The minimum atomic E-state index is -4.58. The van der Waals surface area contributed by atoms with Gasteiger partial charge >= 0.3 is 6.18 Å². The lowest BCUT2D eigenvalue weighted by molar-refractivity contribution is -0.141. The number of piperidine rings is 1. The molecule has 0 spiro atoms. The Bertz CT molecular complexity index is 1120. The van der Waals surface area contributed by atoms with Gasteiger partial charge < -0.3 is 5.32 Å². The van der Waals surface area contributed by atoms with Crippen molar-refractivity contribution in [2.75, 3.05) is 19.6 Å². The van der Waals surface area contributed by atoms with Crippen LogP contribution in [0, 0.1) is 0 Å². The molecule has 0 aliphatic carbocycles. The third-order valence-electron chi connectivity index (χ3n) is 5.81. The fourth-order valence-corrected chi connectivity index (χ4v) is 4.00. The summed E-state index contributed by atoms with van der Waals surface area (Å²) in [4.78, 5) is 22.2. The highest BCUT2D eigenvalue weighted by Gasteiger charge is 2.37. The fraction of sp³-hybridized carbons (Fsp3) is 0.348. The molecule has 10 heteroatoms. The molecule has 3 aromatic rings. The van der Waals surface area contributed by atoms with Gasteiger partial charge in [-0.3, -0.25) is 19.7 Å². The lowest BCUT2D eigenvalue weighted by Gasteiger charge is -2.37.